The lowest BCUT2D eigenvalue weighted by atomic mass is 10.1. The lowest BCUT2D eigenvalue weighted by molar-refractivity contribution is -1.04. The quantitative estimate of drug-likeness (QED) is 0.190. The average molecular weight is 392 g/mol. The van der Waals surface area contributed by atoms with Gasteiger partial charge >= 0.3 is 5.97 Å². The fourth-order valence-electron chi connectivity index (χ4n) is 2.68. The standard InChI is InChI=1S/C21H42NO3.ClH/c1-5-6-7-8-9-10-11-12-13-14-15-16-17-18-19-20(23)21(24)25-22(2,3)4;/h12-13,20,23H,5-11,14-19H2,1-4H3;1H/q+1;/p-1/b13-12-;. The minimum atomic E-state index is -0.991. The van der Waals surface area contributed by atoms with Gasteiger partial charge in [-0.05, 0) is 32.1 Å². The molecule has 1 atom stereocenters. The summed E-state index contributed by atoms with van der Waals surface area (Å²) >= 11 is 0. The van der Waals surface area contributed by atoms with Crippen LogP contribution >= 0.6 is 0 Å². The molecule has 0 aliphatic rings. The second kappa shape index (κ2) is 17.8. The van der Waals surface area contributed by atoms with Gasteiger partial charge in [0.15, 0.2) is 6.10 Å². The van der Waals surface area contributed by atoms with Crippen LogP contribution in [0.5, 0.6) is 0 Å². The maximum Gasteiger partial charge on any atom is 0.394 e. The number of carbonyl (C=O) groups is 1. The maximum absolute atomic E-state index is 11.6. The molecule has 0 saturated carbocycles. The van der Waals surface area contributed by atoms with Gasteiger partial charge in [-0.1, -0.05) is 70.4 Å². The monoisotopic (exact) mass is 391 g/mol. The van der Waals surface area contributed by atoms with E-state index in [1.165, 1.54) is 51.4 Å². The highest BCUT2D eigenvalue weighted by Crippen LogP contribution is 2.11. The first-order valence-corrected chi connectivity index (χ1v) is 10.2. The van der Waals surface area contributed by atoms with Gasteiger partial charge in [-0.25, -0.2) is 4.79 Å². The van der Waals surface area contributed by atoms with Gasteiger partial charge in [-0.3, -0.25) is 4.84 Å². The second-order valence-corrected chi connectivity index (χ2v) is 7.83. The largest absolute Gasteiger partial charge is 1.00 e. The fraction of sp³-hybridized carbons (Fsp3) is 0.857. The van der Waals surface area contributed by atoms with Gasteiger partial charge in [0, 0.05) is 0 Å². The molecule has 0 heterocycles. The first-order chi connectivity index (χ1) is 11.9. The lowest BCUT2D eigenvalue weighted by Gasteiger charge is -2.21. The number of rotatable bonds is 16. The molecule has 0 spiro atoms. The molecule has 0 saturated heterocycles. The normalized spacial score (nSPS) is 12.8. The molecule has 26 heavy (non-hydrogen) atoms. The SMILES string of the molecule is CCCCCCCC/C=C\CCCCCCC(O)C(=O)O[N+](C)(C)C.[Cl-]. The molecule has 0 aromatic heterocycles. The Bertz CT molecular complexity index is 354. The van der Waals surface area contributed by atoms with Gasteiger partial charge in [-0.15, -0.1) is 4.65 Å². The highest BCUT2D eigenvalue weighted by Gasteiger charge is 2.23. The number of quaternary nitrogens is 1. The molecule has 0 aliphatic carbocycles. The summed E-state index contributed by atoms with van der Waals surface area (Å²) in [5.74, 6) is -0.523. The van der Waals surface area contributed by atoms with Crippen molar-refractivity contribution in [3.05, 3.63) is 12.2 Å². The van der Waals surface area contributed by atoms with E-state index in [9.17, 15) is 9.90 Å². The molecule has 0 aromatic rings. The lowest BCUT2D eigenvalue weighted by Crippen LogP contribution is -3.00. The molecule has 0 aliphatic heterocycles. The van der Waals surface area contributed by atoms with Crippen molar-refractivity contribution in [1.82, 2.24) is 0 Å². The number of hydrogen-bond acceptors (Lipinski definition) is 3. The third-order valence-electron chi connectivity index (χ3n) is 4.13. The summed E-state index contributed by atoms with van der Waals surface area (Å²) in [7, 11) is 5.26. The Labute approximate surface area is 167 Å². The first kappa shape index (κ1) is 27.6. The number of hydroxylamine groups is 3. The Balaban J connectivity index is 0. The van der Waals surface area contributed by atoms with E-state index in [0.29, 0.717) is 6.42 Å². The van der Waals surface area contributed by atoms with Crippen LogP contribution in [0.4, 0.5) is 0 Å². The molecule has 0 bridgehead atoms. The Morgan fingerprint density at radius 1 is 0.885 bits per heavy atom. The maximum atomic E-state index is 11.6. The number of hydrogen-bond donors (Lipinski definition) is 1. The third kappa shape index (κ3) is 19.7. The van der Waals surface area contributed by atoms with Crippen molar-refractivity contribution < 1.29 is 31.8 Å². The summed E-state index contributed by atoms with van der Waals surface area (Å²) in [5, 5.41) is 9.78. The molecular weight excluding hydrogens is 350 g/mol. The van der Waals surface area contributed by atoms with Crippen LogP contribution in [0.15, 0.2) is 12.2 Å². The Kier molecular flexibility index (Phi) is 18.9. The number of allylic oxidation sites excluding steroid dienone is 2. The van der Waals surface area contributed by atoms with Crippen LogP contribution in [0.2, 0.25) is 0 Å². The molecule has 0 fully saturated rings. The summed E-state index contributed by atoms with van der Waals surface area (Å²) in [6.07, 6.45) is 18.9. The predicted octanol–water partition coefficient (Wildman–Crippen LogP) is 2.16. The minimum Gasteiger partial charge on any atom is -1.00 e. The van der Waals surface area contributed by atoms with E-state index in [1.807, 2.05) is 0 Å². The zero-order valence-electron chi connectivity index (χ0n) is 17.5. The van der Waals surface area contributed by atoms with Crippen molar-refractivity contribution >= 4 is 5.97 Å². The minimum absolute atomic E-state index is 0. The van der Waals surface area contributed by atoms with E-state index in [-0.39, 0.29) is 17.1 Å². The highest BCUT2D eigenvalue weighted by atomic mass is 35.5. The van der Waals surface area contributed by atoms with Crippen LogP contribution < -0.4 is 12.4 Å². The summed E-state index contributed by atoms with van der Waals surface area (Å²) < 4.78 is 0.0843. The second-order valence-electron chi connectivity index (χ2n) is 7.83. The molecule has 5 heteroatoms. The van der Waals surface area contributed by atoms with Crippen molar-refractivity contribution in [3.63, 3.8) is 0 Å². The van der Waals surface area contributed by atoms with Crippen LogP contribution in [0, 0.1) is 0 Å². The first-order valence-electron chi connectivity index (χ1n) is 10.2. The molecule has 1 N–H and O–H groups in total. The van der Waals surface area contributed by atoms with Gasteiger partial charge < -0.3 is 17.5 Å². The van der Waals surface area contributed by atoms with Gasteiger partial charge in [0.1, 0.15) is 21.1 Å². The van der Waals surface area contributed by atoms with Crippen LogP contribution in [0.25, 0.3) is 0 Å². The van der Waals surface area contributed by atoms with Crippen LogP contribution in [0.1, 0.15) is 90.4 Å². The fourth-order valence-corrected chi connectivity index (χ4v) is 2.68. The van der Waals surface area contributed by atoms with E-state index in [1.54, 1.807) is 21.1 Å². The highest BCUT2D eigenvalue weighted by molar-refractivity contribution is 5.73. The molecule has 156 valence electrons. The third-order valence-corrected chi connectivity index (χ3v) is 4.13. The molecule has 0 amide bonds. The van der Waals surface area contributed by atoms with E-state index in [0.717, 1.165) is 25.7 Å². The molecule has 4 nitrogen and oxygen atoms in total. The van der Waals surface area contributed by atoms with E-state index < -0.39 is 12.1 Å². The van der Waals surface area contributed by atoms with E-state index >= 15 is 0 Å². The van der Waals surface area contributed by atoms with E-state index in [4.69, 9.17) is 4.84 Å². The van der Waals surface area contributed by atoms with Crippen molar-refractivity contribution in [1.29, 1.82) is 0 Å². The predicted molar refractivity (Wildman–Crippen MR) is 105 cm³/mol. The van der Waals surface area contributed by atoms with Crippen molar-refractivity contribution in [3.8, 4) is 0 Å². The van der Waals surface area contributed by atoms with Crippen molar-refractivity contribution in [2.45, 2.75) is 96.5 Å². The number of aliphatic hydroxyl groups excluding tert-OH is 1. The summed E-state index contributed by atoms with van der Waals surface area (Å²) in [6.45, 7) is 2.26. The molecule has 1 unspecified atom stereocenters. The van der Waals surface area contributed by atoms with Crippen molar-refractivity contribution in [2.24, 2.45) is 0 Å². The van der Waals surface area contributed by atoms with Crippen LogP contribution in [-0.2, 0) is 9.63 Å². The summed E-state index contributed by atoms with van der Waals surface area (Å²) in [5.41, 5.74) is 0. The Morgan fingerprint density at radius 3 is 1.85 bits per heavy atom. The number of carbonyl (C=O) groups excluding carboxylic acids is 1. The van der Waals surface area contributed by atoms with Gasteiger partial charge in [0.25, 0.3) is 0 Å². The number of halogens is 1. The number of nitrogens with zero attached hydrogens (tertiary/aromatic N) is 1. The summed E-state index contributed by atoms with van der Waals surface area (Å²) in [4.78, 5) is 16.7. The Hall–Kier alpha value is -0.580. The summed E-state index contributed by atoms with van der Waals surface area (Å²) in [6, 6.07) is 0. The van der Waals surface area contributed by atoms with Crippen LogP contribution in [-0.4, -0.2) is 43.0 Å². The van der Waals surface area contributed by atoms with Gasteiger partial charge in [0.2, 0.25) is 0 Å². The molecule has 0 rings (SSSR count). The average Bonchev–Trinajstić information content (AvgIpc) is 2.53. The van der Waals surface area contributed by atoms with Crippen LogP contribution in [0.3, 0.4) is 0 Å². The smallest absolute Gasteiger partial charge is 0.394 e. The van der Waals surface area contributed by atoms with Gasteiger partial charge in [0.05, 0.1) is 0 Å². The topological polar surface area (TPSA) is 46.5 Å². The Morgan fingerprint density at radius 2 is 1.35 bits per heavy atom. The van der Waals surface area contributed by atoms with Gasteiger partial charge in [-0.2, -0.15) is 0 Å². The number of unbranched alkanes of at least 4 members (excludes halogenated alkanes) is 10. The molecule has 0 radical (unpaired) electrons. The number of aliphatic hydroxyl groups is 1. The molecule has 0 aromatic carbocycles. The molecular formula is C21H42ClNO3. The zero-order chi connectivity index (χ0) is 19.0. The van der Waals surface area contributed by atoms with E-state index in [2.05, 4.69) is 19.1 Å². The zero-order valence-corrected chi connectivity index (χ0v) is 18.3. The van der Waals surface area contributed by atoms with Crippen molar-refractivity contribution in [2.75, 3.05) is 21.1 Å².